The van der Waals surface area contributed by atoms with Gasteiger partial charge in [-0.2, -0.15) is 0 Å². The summed E-state index contributed by atoms with van der Waals surface area (Å²) < 4.78 is 12.0. The van der Waals surface area contributed by atoms with Gasteiger partial charge in [0, 0.05) is 36.0 Å². The molecule has 6 nitrogen and oxygen atoms in total. The van der Waals surface area contributed by atoms with Gasteiger partial charge >= 0.3 is 0 Å². The molecule has 1 heterocycles. The van der Waals surface area contributed by atoms with Crippen molar-refractivity contribution in [3.05, 3.63) is 82.4 Å². The summed E-state index contributed by atoms with van der Waals surface area (Å²) in [4.78, 5) is 20.5. The first-order chi connectivity index (χ1) is 20.7. The Balaban J connectivity index is 1.44. The maximum atomic E-state index is 13.9. The van der Waals surface area contributed by atoms with Gasteiger partial charge in [0.25, 0.3) is 0 Å². The predicted molar refractivity (Wildman–Crippen MR) is 177 cm³/mol. The lowest BCUT2D eigenvalue weighted by molar-refractivity contribution is -0.118. The standard InChI is InChI=1S/C36H46ClN3O3/c1-7-24(2)43-34-22-32-27(20-33(34)42-6)21-35(41)40(36(32)26-10-12-28(37)13-11-26)31-18-16-30(17-19-31)39(5)23-25-8-14-29(15-9-25)38(3)4/h10-13,16-20,22,24-25,29,36H,7-9,14-15,21,23H2,1-6H3/t24-,25-,29-,36?/m1/s1. The number of amides is 1. The average Bonchev–Trinajstić information content (AvgIpc) is 3.01. The SMILES string of the molecule is CC[C@@H](C)Oc1cc2c(cc1OC)CC(=O)N(c1ccc(N(C)C[C@H]3CC[C@H](N(C)C)CC3)cc1)C2c1ccc(Cl)cc1. The summed E-state index contributed by atoms with van der Waals surface area (Å²) in [5.41, 5.74) is 5.03. The van der Waals surface area contributed by atoms with E-state index in [2.05, 4.69) is 75.1 Å². The van der Waals surface area contributed by atoms with Crippen LogP contribution in [0.15, 0.2) is 60.7 Å². The van der Waals surface area contributed by atoms with Crippen LogP contribution in [0.3, 0.4) is 0 Å². The van der Waals surface area contributed by atoms with Crippen LogP contribution in [0.5, 0.6) is 11.5 Å². The number of hydrogen-bond donors (Lipinski definition) is 0. The summed E-state index contributed by atoms with van der Waals surface area (Å²) >= 11 is 6.28. The van der Waals surface area contributed by atoms with E-state index in [1.165, 1.54) is 31.4 Å². The van der Waals surface area contributed by atoms with Gasteiger partial charge in [-0.3, -0.25) is 4.79 Å². The van der Waals surface area contributed by atoms with Crippen LogP contribution < -0.4 is 19.3 Å². The molecule has 3 aromatic rings. The lowest BCUT2D eigenvalue weighted by Gasteiger charge is -2.38. The molecule has 1 aliphatic heterocycles. The molecule has 7 heteroatoms. The average molecular weight is 604 g/mol. The lowest BCUT2D eigenvalue weighted by atomic mass is 9.85. The highest BCUT2D eigenvalue weighted by Gasteiger charge is 2.36. The largest absolute Gasteiger partial charge is 0.493 e. The third kappa shape index (κ3) is 6.97. The van der Waals surface area contributed by atoms with Gasteiger partial charge in [-0.25, -0.2) is 0 Å². The van der Waals surface area contributed by atoms with E-state index in [0.29, 0.717) is 28.5 Å². The third-order valence-electron chi connectivity index (χ3n) is 9.32. The molecule has 2 atom stereocenters. The van der Waals surface area contributed by atoms with Gasteiger partial charge in [0.05, 0.1) is 25.7 Å². The van der Waals surface area contributed by atoms with E-state index in [4.69, 9.17) is 21.1 Å². The van der Waals surface area contributed by atoms with Crippen LogP contribution >= 0.6 is 11.6 Å². The predicted octanol–water partition coefficient (Wildman–Crippen LogP) is 7.76. The molecule has 43 heavy (non-hydrogen) atoms. The summed E-state index contributed by atoms with van der Waals surface area (Å²) in [6.45, 7) is 5.20. The van der Waals surface area contributed by atoms with E-state index >= 15 is 0 Å². The number of nitrogens with zero attached hydrogens (tertiary/aromatic N) is 3. The Kier molecular flexibility index (Phi) is 9.88. The molecular formula is C36H46ClN3O3. The minimum atomic E-state index is -0.325. The highest BCUT2D eigenvalue weighted by Crippen LogP contribution is 2.44. The Morgan fingerprint density at radius 2 is 1.63 bits per heavy atom. The molecule has 2 aliphatic rings. The van der Waals surface area contributed by atoms with Gasteiger partial charge in [0.2, 0.25) is 5.91 Å². The second kappa shape index (κ2) is 13.6. The van der Waals surface area contributed by atoms with E-state index in [-0.39, 0.29) is 24.5 Å². The molecule has 5 rings (SSSR count). The van der Waals surface area contributed by atoms with E-state index in [1.807, 2.05) is 35.2 Å². The fourth-order valence-electron chi connectivity index (χ4n) is 6.58. The Bertz CT molecular complexity index is 1380. The first kappa shape index (κ1) is 31.2. The topological polar surface area (TPSA) is 45.3 Å². The molecule has 1 fully saturated rings. The van der Waals surface area contributed by atoms with Crippen molar-refractivity contribution in [1.82, 2.24) is 4.90 Å². The van der Waals surface area contributed by atoms with Crippen molar-refractivity contribution in [2.45, 2.75) is 70.6 Å². The Labute approximate surface area is 262 Å². The highest BCUT2D eigenvalue weighted by molar-refractivity contribution is 6.30. The molecule has 1 aliphatic carbocycles. The summed E-state index contributed by atoms with van der Waals surface area (Å²) in [5, 5.41) is 0.663. The van der Waals surface area contributed by atoms with Crippen LogP contribution in [-0.2, 0) is 11.2 Å². The monoisotopic (exact) mass is 603 g/mol. The lowest BCUT2D eigenvalue weighted by Crippen LogP contribution is -2.41. The van der Waals surface area contributed by atoms with Gasteiger partial charge in [0.1, 0.15) is 0 Å². The second-order valence-electron chi connectivity index (χ2n) is 12.5. The minimum absolute atomic E-state index is 0.0369. The molecule has 0 saturated heterocycles. The fraction of sp³-hybridized carbons (Fsp3) is 0.472. The van der Waals surface area contributed by atoms with Crippen molar-refractivity contribution in [3.63, 3.8) is 0 Å². The summed E-state index contributed by atoms with van der Waals surface area (Å²) in [7, 11) is 8.21. The maximum Gasteiger partial charge on any atom is 0.232 e. The first-order valence-corrected chi connectivity index (χ1v) is 16.0. The number of methoxy groups -OCH3 is 1. The zero-order valence-electron chi connectivity index (χ0n) is 26.5. The zero-order chi connectivity index (χ0) is 30.7. The number of carbonyl (C=O) groups excluding carboxylic acids is 1. The molecule has 230 valence electrons. The van der Waals surface area contributed by atoms with Gasteiger partial charge in [-0.05, 0) is 124 Å². The van der Waals surface area contributed by atoms with Crippen LogP contribution in [0, 0.1) is 5.92 Å². The minimum Gasteiger partial charge on any atom is -0.493 e. The number of halogens is 1. The second-order valence-corrected chi connectivity index (χ2v) is 12.9. The van der Waals surface area contributed by atoms with Gasteiger partial charge < -0.3 is 24.2 Å². The molecule has 1 amide bonds. The van der Waals surface area contributed by atoms with Crippen molar-refractivity contribution >= 4 is 28.9 Å². The summed E-state index contributed by atoms with van der Waals surface area (Å²) in [6.07, 6.45) is 6.28. The number of hydrogen-bond acceptors (Lipinski definition) is 5. The number of anilines is 2. The van der Waals surface area contributed by atoms with E-state index in [9.17, 15) is 4.79 Å². The molecule has 0 bridgehead atoms. The number of ether oxygens (including phenoxy) is 2. The Morgan fingerprint density at radius 3 is 2.23 bits per heavy atom. The summed E-state index contributed by atoms with van der Waals surface area (Å²) in [5.74, 6) is 2.10. The third-order valence-corrected chi connectivity index (χ3v) is 9.58. The number of carbonyl (C=O) groups is 1. The van der Waals surface area contributed by atoms with Crippen molar-refractivity contribution in [1.29, 1.82) is 0 Å². The van der Waals surface area contributed by atoms with Crippen molar-refractivity contribution in [2.75, 3.05) is 44.6 Å². The Morgan fingerprint density at radius 1 is 0.953 bits per heavy atom. The van der Waals surface area contributed by atoms with Crippen molar-refractivity contribution in [2.24, 2.45) is 5.92 Å². The summed E-state index contributed by atoms with van der Waals surface area (Å²) in [6, 6.07) is 20.7. The molecule has 0 aromatic heterocycles. The maximum absolute atomic E-state index is 13.9. The fourth-order valence-corrected chi connectivity index (χ4v) is 6.71. The van der Waals surface area contributed by atoms with Gasteiger partial charge in [-0.1, -0.05) is 30.7 Å². The molecule has 3 aromatic carbocycles. The van der Waals surface area contributed by atoms with Crippen LogP contribution in [0.25, 0.3) is 0 Å². The molecule has 0 spiro atoms. The molecule has 1 saturated carbocycles. The van der Waals surface area contributed by atoms with Crippen molar-refractivity contribution < 1.29 is 14.3 Å². The first-order valence-electron chi connectivity index (χ1n) is 15.6. The van der Waals surface area contributed by atoms with Crippen LogP contribution in [0.1, 0.15) is 68.7 Å². The quantitative estimate of drug-likeness (QED) is 0.237. The van der Waals surface area contributed by atoms with E-state index < -0.39 is 0 Å². The van der Waals surface area contributed by atoms with Crippen molar-refractivity contribution in [3.8, 4) is 11.5 Å². The molecular weight excluding hydrogens is 558 g/mol. The smallest absolute Gasteiger partial charge is 0.232 e. The number of benzene rings is 3. The van der Waals surface area contributed by atoms with E-state index in [0.717, 1.165) is 35.3 Å². The Hall–Kier alpha value is -3.22. The van der Waals surface area contributed by atoms with Gasteiger partial charge in [0.15, 0.2) is 11.5 Å². The number of fused-ring (bicyclic) bond motifs is 1. The van der Waals surface area contributed by atoms with Crippen LogP contribution in [-0.4, -0.2) is 57.8 Å². The normalized spacial score (nSPS) is 21.0. The van der Waals surface area contributed by atoms with E-state index in [1.54, 1.807) is 7.11 Å². The molecule has 0 N–H and O–H groups in total. The zero-order valence-corrected chi connectivity index (χ0v) is 27.2. The highest BCUT2D eigenvalue weighted by atomic mass is 35.5. The molecule has 1 unspecified atom stereocenters. The van der Waals surface area contributed by atoms with Crippen LogP contribution in [0.4, 0.5) is 11.4 Å². The van der Waals surface area contributed by atoms with Gasteiger partial charge in [-0.15, -0.1) is 0 Å². The van der Waals surface area contributed by atoms with Crippen LogP contribution in [0.2, 0.25) is 5.02 Å². The number of rotatable bonds is 10. The molecule has 0 radical (unpaired) electrons.